The van der Waals surface area contributed by atoms with Crippen LogP contribution in [0.25, 0.3) is 0 Å². The lowest BCUT2D eigenvalue weighted by Crippen LogP contribution is -2.56. The lowest BCUT2D eigenvalue weighted by molar-refractivity contribution is -0.0158. The predicted octanol–water partition coefficient (Wildman–Crippen LogP) is 4.73. The maximum Gasteiger partial charge on any atom is 0.0189 e. The fraction of sp³-hybridized carbons (Fsp3) is 0.882. The van der Waals surface area contributed by atoms with Crippen molar-refractivity contribution in [2.24, 2.45) is 17.3 Å². The quantitative estimate of drug-likeness (QED) is 0.655. The molecular formula is C17H33N. The zero-order chi connectivity index (χ0) is 14.1. The van der Waals surface area contributed by atoms with E-state index < -0.39 is 0 Å². The molecule has 1 nitrogen and oxygen atoms in total. The summed E-state index contributed by atoms with van der Waals surface area (Å²) < 4.78 is 0. The van der Waals surface area contributed by atoms with Crippen molar-refractivity contribution in [3.63, 3.8) is 0 Å². The van der Waals surface area contributed by atoms with Crippen LogP contribution >= 0.6 is 0 Å². The Labute approximate surface area is 115 Å². The Bertz CT molecular complexity index is 295. The first-order valence-corrected chi connectivity index (χ1v) is 7.57. The minimum atomic E-state index is 0.428. The Hall–Kier alpha value is -0.300. The van der Waals surface area contributed by atoms with Crippen LogP contribution in [0.15, 0.2) is 11.6 Å². The molecule has 1 fully saturated rings. The minimum Gasteiger partial charge on any atom is -0.297 e. The molecule has 0 aromatic carbocycles. The van der Waals surface area contributed by atoms with Crippen LogP contribution in [0.5, 0.6) is 0 Å². The largest absolute Gasteiger partial charge is 0.297 e. The van der Waals surface area contributed by atoms with Crippen LogP contribution in [0.1, 0.15) is 61.8 Å². The van der Waals surface area contributed by atoms with Crippen LogP contribution in [-0.4, -0.2) is 23.5 Å². The number of likely N-dealkylation sites (tertiary alicyclic amines) is 1. The summed E-state index contributed by atoms with van der Waals surface area (Å²) in [4.78, 5) is 2.72. The van der Waals surface area contributed by atoms with Crippen LogP contribution in [-0.2, 0) is 0 Å². The van der Waals surface area contributed by atoms with Gasteiger partial charge in [0.15, 0.2) is 0 Å². The second-order valence-electron chi connectivity index (χ2n) is 7.57. The van der Waals surface area contributed by atoms with E-state index in [9.17, 15) is 0 Å². The third-order valence-corrected chi connectivity index (χ3v) is 4.53. The Morgan fingerprint density at radius 3 is 2.11 bits per heavy atom. The van der Waals surface area contributed by atoms with E-state index in [1.54, 1.807) is 0 Å². The number of hydrogen-bond acceptors (Lipinski definition) is 1. The van der Waals surface area contributed by atoms with E-state index in [2.05, 4.69) is 66.4 Å². The minimum absolute atomic E-state index is 0.428. The van der Waals surface area contributed by atoms with Gasteiger partial charge in [-0.2, -0.15) is 0 Å². The van der Waals surface area contributed by atoms with Gasteiger partial charge in [0.2, 0.25) is 0 Å². The molecule has 0 aromatic rings. The van der Waals surface area contributed by atoms with E-state index in [1.165, 1.54) is 18.5 Å². The average molecular weight is 251 g/mol. The number of rotatable bonds is 3. The molecule has 2 atom stereocenters. The lowest BCUT2D eigenvalue weighted by atomic mass is 9.66. The molecule has 1 rings (SSSR count). The second-order valence-corrected chi connectivity index (χ2v) is 7.57. The van der Waals surface area contributed by atoms with E-state index >= 15 is 0 Å². The van der Waals surface area contributed by atoms with Gasteiger partial charge < -0.3 is 0 Å². The molecular weight excluding hydrogens is 218 g/mol. The number of piperidine rings is 1. The van der Waals surface area contributed by atoms with Crippen molar-refractivity contribution in [2.45, 2.75) is 73.9 Å². The highest BCUT2D eigenvalue weighted by atomic mass is 15.2. The Morgan fingerprint density at radius 1 is 1.17 bits per heavy atom. The molecule has 0 N–H and O–H groups in total. The molecule has 0 spiro atoms. The molecule has 0 amide bonds. The van der Waals surface area contributed by atoms with Crippen LogP contribution in [0.3, 0.4) is 0 Å². The summed E-state index contributed by atoms with van der Waals surface area (Å²) >= 11 is 0. The van der Waals surface area contributed by atoms with Gasteiger partial charge in [-0.15, -0.1) is 0 Å². The van der Waals surface area contributed by atoms with Crippen molar-refractivity contribution in [2.75, 3.05) is 6.54 Å². The normalized spacial score (nSPS) is 28.8. The molecule has 0 bridgehead atoms. The van der Waals surface area contributed by atoms with Crippen LogP contribution in [0.2, 0.25) is 0 Å². The van der Waals surface area contributed by atoms with Gasteiger partial charge in [0, 0.05) is 12.1 Å². The first-order chi connectivity index (χ1) is 8.16. The molecule has 1 aliphatic heterocycles. The molecule has 1 heterocycles. The first kappa shape index (κ1) is 15.8. The highest BCUT2D eigenvalue weighted by Gasteiger charge is 2.43. The van der Waals surface area contributed by atoms with Crippen molar-refractivity contribution in [1.29, 1.82) is 0 Å². The summed E-state index contributed by atoms with van der Waals surface area (Å²) in [5.74, 6) is 1.39. The maximum atomic E-state index is 2.72. The second kappa shape index (κ2) is 5.77. The third kappa shape index (κ3) is 3.38. The number of hydrogen-bond donors (Lipinski definition) is 0. The molecule has 1 saturated heterocycles. The molecule has 2 unspecified atom stereocenters. The molecule has 1 heteroatoms. The summed E-state index contributed by atoms with van der Waals surface area (Å²) in [6.07, 6.45) is 3.84. The summed E-state index contributed by atoms with van der Waals surface area (Å²) in [5.41, 5.74) is 1.89. The Balaban J connectivity index is 3.12. The zero-order valence-electron chi connectivity index (χ0n) is 13.7. The van der Waals surface area contributed by atoms with Gasteiger partial charge >= 0.3 is 0 Å². The SMILES string of the molecule is CC(C)=CC1C(C(C)C)N(C(C)C)CCC1(C)C. The van der Waals surface area contributed by atoms with E-state index in [1.807, 2.05) is 0 Å². The van der Waals surface area contributed by atoms with Gasteiger partial charge in [0.05, 0.1) is 0 Å². The van der Waals surface area contributed by atoms with Gasteiger partial charge in [-0.1, -0.05) is 39.3 Å². The zero-order valence-corrected chi connectivity index (χ0v) is 13.7. The summed E-state index contributed by atoms with van der Waals surface area (Å²) in [5, 5.41) is 0. The standard InChI is InChI=1S/C17H33N/c1-12(2)11-15-16(13(3)4)18(14(5)6)10-9-17(15,7)8/h11,13-16H,9-10H2,1-8H3. The molecule has 0 aliphatic carbocycles. The molecule has 0 radical (unpaired) electrons. The highest BCUT2D eigenvalue weighted by molar-refractivity contribution is 5.09. The highest BCUT2D eigenvalue weighted by Crippen LogP contribution is 2.43. The van der Waals surface area contributed by atoms with Crippen LogP contribution in [0.4, 0.5) is 0 Å². The predicted molar refractivity (Wildman–Crippen MR) is 81.8 cm³/mol. The van der Waals surface area contributed by atoms with Crippen LogP contribution in [0, 0.1) is 17.3 Å². The maximum absolute atomic E-state index is 2.72. The van der Waals surface area contributed by atoms with E-state index in [0.717, 1.165) is 0 Å². The van der Waals surface area contributed by atoms with Crippen molar-refractivity contribution >= 4 is 0 Å². The van der Waals surface area contributed by atoms with Gasteiger partial charge in [-0.05, 0) is 57.9 Å². The topological polar surface area (TPSA) is 3.24 Å². The molecule has 0 aromatic heterocycles. The number of allylic oxidation sites excluding steroid dienone is 1. The van der Waals surface area contributed by atoms with Crippen molar-refractivity contribution in [3.8, 4) is 0 Å². The smallest absolute Gasteiger partial charge is 0.0189 e. The fourth-order valence-corrected chi connectivity index (χ4v) is 3.48. The van der Waals surface area contributed by atoms with Gasteiger partial charge in [0.1, 0.15) is 0 Å². The van der Waals surface area contributed by atoms with Crippen molar-refractivity contribution in [3.05, 3.63) is 11.6 Å². The Kier molecular flexibility index (Phi) is 5.05. The molecule has 0 saturated carbocycles. The van der Waals surface area contributed by atoms with Gasteiger partial charge in [-0.3, -0.25) is 4.90 Å². The lowest BCUT2D eigenvalue weighted by Gasteiger charge is -2.52. The van der Waals surface area contributed by atoms with E-state index in [-0.39, 0.29) is 0 Å². The van der Waals surface area contributed by atoms with E-state index in [0.29, 0.717) is 29.3 Å². The summed E-state index contributed by atoms with van der Waals surface area (Å²) in [7, 11) is 0. The molecule has 106 valence electrons. The third-order valence-electron chi connectivity index (χ3n) is 4.53. The van der Waals surface area contributed by atoms with Crippen molar-refractivity contribution < 1.29 is 0 Å². The molecule has 18 heavy (non-hydrogen) atoms. The van der Waals surface area contributed by atoms with E-state index in [4.69, 9.17) is 0 Å². The monoisotopic (exact) mass is 251 g/mol. The summed E-state index contributed by atoms with van der Waals surface area (Å²) in [6.45, 7) is 20.1. The summed E-state index contributed by atoms with van der Waals surface area (Å²) in [6, 6.07) is 1.34. The van der Waals surface area contributed by atoms with Gasteiger partial charge in [-0.25, -0.2) is 0 Å². The number of nitrogens with zero attached hydrogens (tertiary/aromatic N) is 1. The Morgan fingerprint density at radius 2 is 1.72 bits per heavy atom. The van der Waals surface area contributed by atoms with Crippen molar-refractivity contribution in [1.82, 2.24) is 4.90 Å². The van der Waals surface area contributed by atoms with Gasteiger partial charge in [0.25, 0.3) is 0 Å². The fourth-order valence-electron chi connectivity index (χ4n) is 3.48. The van der Waals surface area contributed by atoms with Crippen LogP contribution < -0.4 is 0 Å². The molecule has 1 aliphatic rings. The first-order valence-electron chi connectivity index (χ1n) is 7.57. The average Bonchev–Trinajstić information content (AvgIpc) is 2.18.